The van der Waals surface area contributed by atoms with Crippen molar-refractivity contribution in [2.24, 2.45) is 16.7 Å². The van der Waals surface area contributed by atoms with Gasteiger partial charge in [-0.05, 0) is 79.0 Å². The fourth-order valence-electron chi connectivity index (χ4n) is 7.00. The Hall–Kier alpha value is -1.52. The van der Waals surface area contributed by atoms with E-state index in [9.17, 15) is 0 Å². The third kappa shape index (κ3) is 5.65. The molecule has 2 heterocycles. The lowest BCUT2D eigenvalue weighted by Crippen LogP contribution is -2.47. The van der Waals surface area contributed by atoms with Gasteiger partial charge in [-0.15, -0.1) is 0 Å². The van der Waals surface area contributed by atoms with Crippen LogP contribution in [0.25, 0.3) is 5.57 Å². The highest BCUT2D eigenvalue weighted by atomic mass is 16.5. The molecule has 4 heteroatoms. The molecule has 5 rings (SSSR count). The molecular weight excluding hydrogens is 418 g/mol. The maximum absolute atomic E-state index is 5.63. The first-order chi connectivity index (χ1) is 16.2. The molecule has 1 aromatic rings. The molecule has 3 fully saturated rings. The summed E-state index contributed by atoms with van der Waals surface area (Å²) in [6.45, 7) is 18.0. The molecule has 2 saturated heterocycles. The third-order valence-corrected chi connectivity index (χ3v) is 8.56. The van der Waals surface area contributed by atoms with E-state index in [1.807, 2.05) is 7.11 Å². The predicted octanol–water partition coefficient (Wildman–Crippen LogP) is 6.06. The predicted molar refractivity (Wildman–Crippen MR) is 145 cm³/mol. The van der Waals surface area contributed by atoms with Gasteiger partial charge in [-0.25, -0.2) is 0 Å². The molecule has 2 aliphatic heterocycles. The number of hydrogen-bond acceptors (Lipinski definition) is 4. The molecule has 34 heavy (non-hydrogen) atoms. The number of methoxy groups -OCH3 is 1. The van der Waals surface area contributed by atoms with Crippen molar-refractivity contribution in [3.8, 4) is 0 Å². The molecule has 188 valence electrons. The van der Waals surface area contributed by atoms with Crippen LogP contribution in [-0.4, -0.2) is 63.9 Å². The minimum absolute atomic E-state index is 0.240. The Labute approximate surface area is 208 Å². The molecular formula is C30H47N3O. The van der Waals surface area contributed by atoms with Crippen LogP contribution in [0.3, 0.4) is 0 Å². The Balaban J connectivity index is 1.43. The van der Waals surface area contributed by atoms with Gasteiger partial charge < -0.3 is 14.5 Å². The van der Waals surface area contributed by atoms with Crippen LogP contribution in [0.2, 0.25) is 0 Å². The summed E-state index contributed by atoms with van der Waals surface area (Å²) in [6.07, 6.45) is 10.6. The van der Waals surface area contributed by atoms with Crippen LogP contribution in [0.15, 0.2) is 24.3 Å². The second kappa shape index (κ2) is 9.50. The Morgan fingerprint density at radius 2 is 1.59 bits per heavy atom. The molecule has 0 bridgehead atoms. The van der Waals surface area contributed by atoms with Crippen molar-refractivity contribution in [1.29, 1.82) is 0 Å². The van der Waals surface area contributed by atoms with E-state index in [1.54, 1.807) is 5.57 Å². The second-order valence-electron chi connectivity index (χ2n) is 13.0. The van der Waals surface area contributed by atoms with Gasteiger partial charge in [-0.2, -0.15) is 0 Å². The summed E-state index contributed by atoms with van der Waals surface area (Å²) in [5.74, 6) is 0.987. The van der Waals surface area contributed by atoms with Gasteiger partial charge in [0, 0.05) is 69.9 Å². The normalized spacial score (nSPS) is 26.0. The molecule has 2 aliphatic carbocycles. The van der Waals surface area contributed by atoms with Gasteiger partial charge in [-0.3, -0.25) is 4.90 Å². The molecule has 0 N–H and O–H groups in total. The van der Waals surface area contributed by atoms with Crippen LogP contribution in [0.4, 0.5) is 11.4 Å². The first-order valence-electron chi connectivity index (χ1n) is 13.8. The number of benzene rings is 1. The molecule has 0 radical (unpaired) electrons. The molecule has 0 atom stereocenters. The smallest absolute Gasteiger partial charge is 0.0605 e. The van der Waals surface area contributed by atoms with Gasteiger partial charge >= 0.3 is 0 Å². The van der Waals surface area contributed by atoms with E-state index >= 15 is 0 Å². The van der Waals surface area contributed by atoms with Gasteiger partial charge in [-0.1, -0.05) is 33.8 Å². The average Bonchev–Trinajstić information content (AvgIpc) is 3.61. The van der Waals surface area contributed by atoms with Crippen molar-refractivity contribution in [3.63, 3.8) is 0 Å². The SMILES string of the molecule is COC1CCN(c2ccc(N3CCN(CC4CC4)CC3)c(C3=CC(C)(C)CC(C)(C)C3)c2)CC1. The number of rotatable bonds is 6. The van der Waals surface area contributed by atoms with Crippen LogP contribution in [0.1, 0.15) is 71.8 Å². The van der Waals surface area contributed by atoms with Crippen LogP contribution in [-0.2, 0) is 4.74 Å². The van der Waals surface area contributed by atoms with E-state index in [1.165, 1.54) is 62.3 Å². The van der Waals surface area contributed by atoms with Crippen molar-refractivity contribution in [3.05, 3.63) is 29.8 Å². The standard InChI is InChI=1S/C30H47N3O/c1-29(2)19-24(20-30(3,4)22-29)27-18-25(32-12-10-26(34-5)11-13-32)8-9-28(27)33-16-14-31(15-17-33)21-23-6-7-23/h8-9,18-19,23,26H,6-7,10-17,20-22H2,1-5H3. The Bertz CT molecular complexity index is 884. The van der Waals surface area contributed by atoms with E-state index in [0.29, 0.717) is 11.5 Å². The summed E-state index contributed by atoms with van der Waals surface area (Å²) in [6, 6.07) is 7.36. The fraction of sp³-hybridized carbons (Fsp3) is 0.733. The lowest BCUT2D eigenvalue weighted by molar-refractivity contribution is 0.0819. The third-order valence-electron chi connectivity index (χ3n) is 8.56. The van der Waals surface area contributed by atoms with Gasteiger partial charge in [0.1, 0.15) is 0 Å². The van der Waals surface area contributed by atoms with Gasteiger partial charge in [0.15, 0.2) is 0 Å². The highest BCUT2D eigenvalue weighted by Crippen LogP contribution is 2.49. The topological polar surface area (TPSA) is 19.0 Å². The van der Waals surface area contributed by atoms with E-state index in [0.717, 1.165) is 44.9 Å². The summed E-state index contributed by atoms with van der Waals surface area (Å²) in [4.78, 5) is 7.96. The van der Waals surface area contributed by atoms with Crippen molar-refractivity contribution >= 4 is 16.9 Å². The monoisotopic (exact) mass is 465 g/mol. The van der Waals surface area contributed by atoms with E-state index < -0.39 is 0 Å². The first kappa shape index (κ1) is 24.2. The maximum atomic E-state index is 5.63. The molecule has 1 saturated carbocycles. The van der Waals surface area contributed by atoms with Crippen molar-refractivity contribution in [2.75, 3.05) is 62.7 Å². The minimum Gasteiger partial charge on any atom is -0.381 e. The van der Waals surface area contributed by atoms with E-state index in [-0.39, 0.29) is 5.41 Å². The zero-order chi connectivity index (χ0) is 23.9. The van der Waals surface area contributed by atoms with E-state index in [2.05, 4.69) is 66.7 Å². The fourth-order valence-corrected chi connectivity index (χ4v) is 7.00. The Morgan fingerprint density at radius 1 is 0.882 bits per heavy atom. The molecule has 4 nitrogen and oxygen atoms in total. The summed E-state index contributed by atoms with van der Waals surface area (Å²) in [7, 11) is 1.86. The highest BCUT2D eigenvalue weighted by molar-refractivity contribution is 5.81. The molecule has 4 aliphatic rings. The number of nitrogens with zero attached hydrogens (tertiary/aromatic N) is 3. The van der Waals surface area contributed by atoms with Crippen molar-refractivity contribution < 1.29 is 4.74 Å². The van der Waals surface area contributed by atoms with Gasteiger partial charge in [0.2, 0.25) is 0 Å². The first-order valence-corrected chi connectivity index (χ1v) is 13.8. The van der Waals surface area contributed by atoms with Crippen molar-refractivity contribution in [2.45, 2.75) is 72.3 Å². The molecule has 0 spiro atoms. The molecule has 0 amide bonds. The highest BCUT2D eigenvalue weighted by Gasteiger charge is 2.35. The summed E-state index contributed by atoms with van der Waals surface area (Å²) < 4.78 is 5.63. The maximum Gasteiger partial charge on any atom is 0.0605 e. The Kier molecular flexibility index (Phi) is 6.76. The van der Waals surface area contributed by atoms with Crippen LogP contribution < -0.4 is 9.80 Å². The lowest BCUT2D eigenvalue weighted by atomic mass is 9.65. The number of allylic oxidation sites excluding steroid dienone is 2. The zero-order valence-electron chi connectivity index (χ0n) is 22.4. The number of anilines is 2. The number of ether oxygens (including phenoxy) is 1. The summed E-state index contributed by atoms with van der Waals surface area (Å²) in [5, 5.41) is 0. The largest absolute Gasteiger partial charge is 0.381 e. The zero-order valence-corrected chi connectivity index (χ0v) is 22.4. The quantitative estimate of drug-likeness (QED) is 0.508. The number of hydrogen-bond donors (Lipinski definition) is 0. The minimum atomic E-state index is 0.240. The molecule has 1 aromatic carbocycles. The van der Waals surface area contributed by atoms with Crippen molar-refractivity contribution in [1.82, 2.24) is 4.90 Å². The van der Waals surface area contributed by atoms with Gasteiger partial charge in [0.25, 0.3) is 0 Å². The molecule has 0 aromatic heterocycles. The second-order valence-corrected chi connectivity index (χ2v) is 13.0. The summed E-state index contributed by atoms with van der Waals surface area (Å²) >= 11 is 0. The average molecular weight is 466 g/mol. The summed E-state index contributed by atoms with van der Waals surface area (Å²) in [5.41, 5.74) is 6.47. The van der Waals surface area contributed by atoms with Gasteiger partial charge in [0.05, 0.1) is 6.10 Å². The van der Waals surface area contributed by atoms with Crippen LogP contribution >= 0.6 is 0 Å². The van der Waals surface area contributed by atoms with Crippen LogP contribution in [0.5, 0.6) is 0 Å². The number of piperazine rings is 1. The Morgan fingerprint density at radius 3 is 2.21 bits per heavy atom. The van der Waals surface area contributed by atoms with E-state index in [4.69, 9.17) is 4.74 Å². The lowest BCUT2D eigenvalue weighted by Gasteiger charge is -2.42. The number of piperidine rings is 1. The van der Waals surface area contributed by atoms with Crippen LogP contribution in [0, 0.1) is 16.7 Å². The molecule has 0 unspecified atom stereocenters.